The summed E-state index contributed by atoms with van der Waals surface area (Å²) in [6.45, 7) is 4.68. The third kappa shape index (κ3) is 68.1. The molecule has 0 aliphatic heterocycles. The van der Waals surface area contributed by atoms with Gasteiger partial charge in [-0.05, 0) is 44.9 Å². The summed E-state index contributed by atoms with van der Waals surface area (Å²) in [4.78, 5) is 25.6. The van der Waals surface area contributed by atoms with Gasteiger partial charge in [0.25, 0.3) is 7.82 Å². The molecule has 2 N–H and O–H groups in total. The van der Waals surface area contributed by atoms with E-state index in [-0.39, 0.29) is 12.5 Å². The topological polar surface area (TPSA) is 108 Å². The summed E-state index contributed by atoms with van der Waals surface area (Å²) in [6, 6.07) is -0.910. The zero-order valence-corrected chi connectivity index (χ0v) is 57.3. The van der Waals surface area contributed by atoms with Crippen LogP contribution in [0.15, 0.2) is 36.5 Å². The molecule has 0 heterocycles. The first-order valence-electron chi connectivity index (χ1n) is 36.9. The second-order valence-electron chi connectivity index (χ2n) is 26.6. The van der Waals surface area contributed by atoms with Crippen LogP contribution in [0.4, 0.5) is 0 Å². The number of phosphoric ester groups is 1. The summed E-state index contributed by atoms with van der Waals surface area (Å²) >= 11 is 0. The number of aliphatic hydroxyl groups excluding tert-OH is 1. The van der Waals surface area contributed by atoms with Crippen LogP contribution in [-0.2, 0) is 18.4 Å². The van der Waals surface area contributed by atoms with Crippen molar-refractivity contribution >= 4 is 13.7 Å². The predicted molar refractivity (Wildman–Crippen MR) is 362 cm³/mol. The Morgan fingerprint density at radius 2 is 0.675 bits per heavy atom. The molecule has 9 heteroatoms. The molecule has 83 heavy (non-hydrogen) atoms. The number of amides is 1. The minimum Gasteiger partial charge on any atom is -0.756 e. The van der Waals surface area contributed by atoms with E-state index in [0.717, 1.165) is 44.9 Å². The van der Waals surface area contributed by atoms with E-state index in [1.165, 1.54) is 315 Å². The maximum Gasteiger partial charge on any atom is 0.268 e. The van der Waals surface area contributed by atoms with Crippen molar-refractivity contribution < 1.29 is 32.9 Å². The van der Waals surface area contributed by atoms with Crippen molar-refractivity contribution in [3.05, 3.63) is 36.5 Å². The fraction of sp³-hybridized carbons (Fsp3) is 0.905. The Hall–Kier alpha value is -1.28. The molecule has 0 spiro atoms. The van der Waals surface area contributed by atoms with Gasteiger partial charge in [-0.2, -0.15) is 0 Å². The van der Waals surface area contributed by atoms with Crippen LogP contribution in [0, 0.1) is 0 Å². The van der Waals surface area contributed by atoms with Crippen molar-refractivity contribution in [1.82, 2.24) is 5.32 Å². The third-order valence-corrected chi connectivity index (χ3v) is 18.0. The quantitative estimate of drug-likeness (QED) is 0.0272. The molecule has 0 aliphatic carbocycles. The molecule has 0 aliphatic rings. The maximum absolute atomic E-state index is 13.0. The lowest BCUT2D eigenvalue weighted by Crippen LogP contribution is -2.45. The van der Waals surface area contributed by atoms with E-state index in [1.807, 2.05) is 27.2 Å². The number of quaternary nitrogens is 1. The Kier molecular flexibility index (Phi) is 64.2. The number of rotatable bonds is 69. The van der Waals surface area contributed by atoms with Gasteiger partial charge in [0.05, 0.1) is 39.9 Å². The summed E-state index contributed by atoms with van der Waals surface area (Å²) in [6.07, 6.45) is 87.3. The molecule has 3 unspecified atom stereocenters. The highest BCUT2D eigenvalue weighted by Gasteiger charge is 2.23. The molecule has 8 nitrogen and oxygen atoms in total. The molecule has 0 aromatic heterocycles. The van der Waals surface area contributed by atoms with Crippen LogP contribution in [-0.4, -0.2) is 68.5 Å². The molecular formula is C74H145N2O6P. The van der Waals surface area contributed by atoms with Crippen molar-refractivity contribution in [2.45, 2.75) is 392 Å². The van der Waals surface area contributed by atoms with Crippen LogP contribution in [0.2, 0.25) is 0 Å². The van der Waals surface area contributed by atoms with Crippen LogP contribution in [0.25, 0.3) is 0 Å². The van der Waals surface area contributed by atoms with Gasteiger partial charge in [0.2, 0.25) is 5.91 Å². The fourth-order valence-corrected chi connectivity index (χ4v) is 12.1. The Morgan fingerprint density at radius 1 is 0.410 bits per heavy atom. The molecule has 492 valence electrons. The van der Waals surface area contributed by atoms with E-state index in [0.29, 0.717) is 17.4 Å². The first-order valence-corrected chi connectivity index (χ1v) is 38.3. The summed E-state index contributed by atoms with van der Waals surface area (Å²) in [7, 11) is 1.25. The van der Waals surface area contributed by atoms with Gasteiger partial charge in [-0.15, -0.1) is 0 Å². The van der Waals surface area contributed by atoms with Crippen LogP contribution < -0.4 is 10.2 Å². The summed E-state index contributed by atoms with van der Waals surface area (Å²) < 4.78 is 23.4. The summed E-state index contributed by atoms with van der Waals surface area (Å²) in [5.41, 5.74) is 0. The van der Waals surface area contributed by atoms with Crippen LogP contribution >= 0.6 is 7.82 Å². The van der Waals surface area contributed by atoms with Gasteiger partial charge in [0, 0.05) is 6.42 Å². The average Bonchev–Trinajstić information content (AvgIpc) is 3.49. The van der Waals surface area contributed by atoms with E-state index < -0.39 is 26.6 Å². The molecule has 0 saturated heterocycles. The SMILES string of the molecule is CCCCCCCCCCCCCCCCC/C=C/CC/C=C/CC/C=C/C(O)C(COP(=O)([O-])OCC[N+](C)(C)C)NC(=O)CCCCCCCCCCCCCCCCCCCCCCCCCCCCCCCCCCCCCC. The number of carbonyl (C=O) groups excluding carboxylic acids is 1. The zero-order valence-electron chi connectivity index (χ0n) is 56.4. The van der Waals surface area contributed by atoms with Gasteiger partial charge in [-0.1, -0.05) is 365 Å². The molecule has 0 radical (unpaired) electrons. The lowest BCUT2D eigenvalue weighted by atomic mass is 10.0. The minimum absolute atomic E-state index is 0.00705. The lowest BCUT2D eigenvalue weighted by molar-refractivity contribution is -0.870. The number of unbranched alkanes of at least 4 members (excludes halogenated alkanes) is 52. The molecule has 0 bridgehead atoms. The number of hydrogen-bond donors (Lipinski definition) is 2. The van der Waals surface area contributed by atoms with Crippen molar-refractivity contribution in [3.8, 4) is 0 Å². The maximum atomic E-state index is 13.0. The number of carbonyl (C=O) groups is 1. The highest BCUT2D eigenvalue weighted by Crippen LogP contribution is 2.38. The molecule has 0 saturated carbocycles. The van der Waals surface area contributed by atoms with E-state index in [1.54, 1.807) is 6.08 Å². The third-order valence-electron chi connectivity index (χ3n) is 17.1. The van der Waals surface area contributed by atoms with Gasteiger partial charge < -0.3 is 28.8 Å². The van der Waals surface area contributed by atoms with E-state index in [4.69, 9.17) is 9.05 Å². The fourth-order valence-electron chi connectivity index (χ4n) is 11.4. The first-order chi connectivity index (χ1) is 40.5. The Morgan fingerprint density at radius 3 is 0.976 bits per heavy atom. The van der Waals surface area contributed by atoms with Crippen LogP contribution in [0.5, 0.6) is 0 Å². The first kappa shape index (κ1) is 81.7. The van der Waals surface area contributed by atoms with E-state index in [2.05, 4.69) is 43.5 Å². The molecule has 0 rings (SSSR count). The van der Waals surface area contributed by atoms with Gasteiger partial charge in [0.1, 0.15) is 13.2 Å². The van der Waals surface area contributed by atoms with Gasteiger partial charge >= 0.3 is 0 Å². The second-order valence-corrected chi connectivity index (χ2v) is 28.1. The molecule has 1 amide bonds. The molecule has 0 fully saturated rings. The monoisotopic (exact) mass is 1190 g/mol. The van der Waals surface area contributed by atoms with E-state index in [9.17, 15) is 19.4 Å². The number of aliphatic hydroxyl groups is 1. The van der Waals surface area contributed by atoms with Gasteiger partial charge in [-0.3, -0.25) is 9.36 Å². The summed E-state index contributed by atoms with van der Waals surface area (Å²) in [5, 5.41) is 13.9. The minimum atomic E-state index is -4.61. The van der Waals surface area contributed by atoms with Crippen molar-refractivity contribution in [1.29, 1.82) is 0 Å². The Bertz CT molecular complexity index is 1450. The van der Waals surface area contributed by atoms with Crippen molar-refractivity contribution in [2.24, 2.45) is 0 Å². The number of nitrogens with one attached hydrogen (secondary N) is 1. The van der Waals surface area contributed by atoms with Crippen molar-refractivity contribution in [3.63, 3.8) is 0 Å². The predicted octanol–water partition coefficient (Wildman–Crippen LogP) is 23.0. The molecule has 0 aromatic carbocycles. The van der Waals surface area contributed by atoms with Crippen LogP contribution in [0.3, 0.4) is 0 Å². The number of likely N-dealkylation sites (N-methyl/N-ethyl adjacent to an activating group) is 1. The standard InChI is InChI=1S/C74H145N2O6P/c1-6-8-10-12-14-16-18-20-22-24-26-28-30-32-33-34-35-36-37-38-39-40-41-42-44-46-48-50-52-54-56-58-60-62-64-66-68-74(78)75-72(71-82-83(79,80)81-70-69-76(3,4)5)73(77)67-65-63-61-59-57-55-53-51-49-47-45-43-31-29-27-25-23-21-19-17-15-13-11-9-7-2/h49,51,57,59,65,67,72-73,77H,6-48,50,52-56,58,60-64,66,68-71H2,1-5H3,(H-,75,78,79,80)/b51-49+,59-57+,67-65+. The zero-order chi connectivity index (χ0) is 60.5. The van der Waals surface area contributed by atoms with Crippen LogP contribution in [0.1, 0.15) is 380 Å². The largest absolute Gasteiger partial charge is 0.756 e. The lowest BCUT2D eigenvalue weighted by Gasteiger charge is -2.29. The average molecular weight is 1190 g/mol. The highest BCUT2D eigenvalue weighted by molar-refractivity contribution is 7.45. The van der Waals surface area contributed by atoms with Crippen molar-refractivity contribution in [2.75, 3.05) is 40.9 Å². The normalized spacial score (nSPS) is 13.8. The summed E-state index contributed by atoms with van der Waals surface area (Å²) in [5.74, 6) is -0.203. The Labute approximate surface area is 518 Å². The second kappa shape index (κ2) is 65.2. The smallest absolute Gasteiger partial charge is 0.268 e. The van der Waals surface area contributed by atoms with Gasteiger partial charge in [0.15, 0.2) is 0 Å². The van der Waals surface area contributed by atoms with E-state index >= 15 is 0 Å². The Balaban J connectivity index is 4.01. The number of nitrogens with zero attached hydrogens (tertiary/aromatic N) is 1. The number of phosphoric acid groups is 1. The molecule has 3 atom stereocenters. The molecular weight excluding hydrogens is 1040 g/mol. The highest BCUT2D eigenvalue weighted by atomic mass is 31.2. The number of allylic oxidation sites excluding steroid dienone is 5. The molecule has 0 aromatic rings. The van der Waals surface area contributed by atoms with Gasteiger partial charge in [-0.25, -0.2) is 0 Å². The number of hydrogen-bond acceptors (Lipinski definition) is 6.